The molecular weight excluding hydrogens is 358 g/mol. The van der Waals surface area contributed by atoms with E-state index in [-0.39, 0.29) is 23.7 Å². The lowest BCUT2D eigenvalue weighted by Crippen LogP contribution is -2.51. The zero-order chi connectivity index (χ0) is 19.3. The summed E-state index contributed by atoms with van der Waals surface area (Å²) in [6, 6.07) is 14.2. The lowest BCUT2D eigenvalue weighted by atomic mass is 9.56. The summed E-state index contributed by atoms with van der Waals surface area (Å²) in [6.07, 6.45) is 4.05. The maximum Gasteiger partial charge on any atom is 0.191 e. The molecule has 4 atom stereocenters. The van der Waals surface area contributed by atoms with Crippen LogP contribution >= 0.6 is 11.6 Å². The van der Waals surface area contributed by atoms with Crippen LogP contribution in [0.1, 0.15) is 24.3 Å². The molecule has 0 spiro atoms. The molecule has 2 heterocycles. The standard InChI is InChI=1S/C21H18ClN5/c1-27-14-5-6-17(27)18-15(8-14)16(9-23)20(26)21(10-24,11-25)19(18)12-3-2-4-13(22)7-12/h2-4,7-8,14,17-19H,5-6,26H2,1H3/t14-,17-,18+,19-/m0/s1. The molecule has 1 saturated heterocycles. The van der Waals surface area contributed by atoms with Gasteiger partial charge in [-0.2, -0.15) is 15.8 Å². The number of hydrogen-bond donors (Lipinski definition) is 1. The highest BCUT2D eigenvalue weighted by molar-refractivity contribution is 6.30. The minimum absolute atomic E-state index is 0.0615. The molecule has 2 aliphatic heterocycles. The van der Waals surface area contributed by atoms with E-state index < -0.39 is 11.3 Å². The van der Waals surface area contributed by atoms with E-state index in [9.17, 15) is 15.8 Å². The maximum absolute atomic E-state index is 10.1. The maximum atomic E-state index is 10.1. The number of benzene rings is 1. The van der Waals surface area contributed by atoms with Crippen molar-refractivity contribution >= 4 is 11.6 Å². The van der Waals surface area contributed by atoms with Crippen LogP contribution in [0.25, 0.3) is 0 Å². The molecule has 3 aliphatic rings. The fourth-order valence-electron chi connectivity index (χ4n) is 5.16. The van der Waals surface area contributed by atoms with Crippen LogP contribution in [0.5, 0.6) is 0 Å². The summed E-state index contributed by atoms with van der Waals surface area (Å²) >= 11 is 6.23. The van der Waals surface area contributed by atoms with Crippen molar-refractivity contribution in [2.75, 3.05) is 7.05 Å². The van der Waals surface area contributed by atoms with Gasteiger partial charge in [-0.1, -0.05) is 29.8 Å². The number of likely N-dealkylation sites (N-methyl/N-ethyl adjacent to an activating group) is 1. The average Bonchev–Trinajstić information content (AvgIpc) is 2.90. The number of rotatable bonds is 1. The molecule has 0 amide bonds. The van der Waals surface area contributed by atoms with Gasteiger partial charge in [-0.3, -0.25) is 4.90 Å². The van der Waals surface area contributed by atoms with Crippen molar-refractivity contribution in [2.45, 2.75) is 30.8 Å². The van der Waals surface area contributed by atoms with Gasteiger partial charge in [0, 0.05) is 28.9 Å². The largest absolute Gasteiger partial charge is 0.399 e. The molecule has 134 valence electrons. The second-order valence-corrected chi connectivity index (χ2v) is 7.93. The monoisotopic (exact) mass is 375 g/mol. The zero-order valence-electron chi connectivity index (χ0n) is 14.9. The van der Waals surface area contributed by atoms with Crippen LogP contribution < -0.4 is 5.73 Å². The minimum atomic E-state index is -1.60. The van der Waals surface area contributed by atoms with E-state index in [1.165, 1.54) is 0 Å². The number of nitrogens with two attached hydrogens (primary N) is 1. The van der Waals surface area contributed by atoms with E-state index in [2.05, 4.69) is 36.2 Å². The molecule has 0 saturated carbocycles. The first-order valence-corrected chi connectivity index (χ1v) is 9.28. The average molecular weight is 376 g/mol. The third-order valence-electron chi connectivity index (χ3n) is 6.43. The SMILES string of the molecule is CN1[C@@H]2C=C3C(C#N)=C(N)C(C#N)(C#N)[C@@H](c4cccc(Cl)c4)[C@H]3[C@@H]1CC2. The highest BCUT2D eigenvalue weighted by atomic mass is 35.5. The van der Waals surface area contributed by atoms with Gasteiger partial charge in [0.25, 0.3) is 0 Å². The Morgan fingerprint density at radius 2 is 1.96 bits per heavy atom. The first-order valence-electron chi connectivity index (χ1n) is 8.90. The van der Waals surface area contributed by atoms with Crippen molar-refractivity contribution in [3.63, 3.8) is 0 Å². The minimum Gasteiger partial charge on any atom is -0.399 e. The summed E-state index contributed by atoms with van der Waals surface area (Å²) in [7, 11) is 2.07. The predicted molar refractivity (Wildman–Crippen MR) is 101 cm³/mol. The molecule has 2 bridgehead atoms. The van der Waals surface area contributed by atoms with Gasteiger partial charge in [0.2, 0.25) is 0 Å². The van der Waals surface area contributed by atoms with E-state index in [1.54, 1.807) is 12.1 Å². The smallest absolute Gasteiger partial charge is 0.191 e. The van der Waals surface area contributed by atoms with Crippen molar-refractivity contribution in [1.82, 2.24) is 4.90 Å². The van der Waals surface area contributed by atoms with Crippen LogP contribution in [0, 0.1) is 45.3 Å². The van der Waals surface area contributed by atoms with Crippen molar-refractivity contribution < 1.29 is 0 Å². The van der Waals surface area contributed by atoms with E-state index in [4.69, 9.17) is 17.3 Å². The van der Waals surface area contributed by atoms with E-state index in [0.29, 0.717) is 10.6 Å². The molecule has 4 rings (SSSR count). The van der Waals surface area contributed by atoms with Gasteiger partial charge in [0.1, 0.15) is 6.07 Å². The van der Waals surface area contributed by atoms with Gasteiger partial charge in [-0.25, -0.2) is 0 Å². The number of allylic oxidation sites excluding steroid dienone is 2. The lowest BCUT2D eigenvalue weighted by Gasteiger charge is -2.48. The molecule has 5 nitrogen and oxygen atoms in total. The fourth-order valence-corrected chi connectivity index (χ4v) is 5.36. The Hall–Kier alpha value is -2.78. The Labute approximate surface area is 163 Å². The van der Waals surface area contributed by atoms with Crippen LogP contribution in [0.3, 0.4) is 0 Å². The summed E-state index contributed by atoms with van der Waals surface area (Å²) < 4.78 is 0. The third kappa shape index (κ3) is 2.25. The molecule has 1 aromatic carbocycles. The highest BCUT2D eigenvalue weighted by Crippen LogP contribution is 2.58. The summed E-state index contributed by atoms with van der Waals surface area (Å²) in [5, 5.41) is 30.5. The van der Waals surface area contributed by atoms with E-state index in [0.717, 1.165) is 24.0 Å². The van der Waals surface area contributed by atoms with Crippen LogP contribution in [-0.2, 0) is 0 Å². The topological polar surface area (TPSA) is 101 Å². The molecule has 2 N–H and O–H groups in total. The molecule has 1 aromatic rings. The summed E-state index contributed by atoms with van der Waals surface area (Å²) in [5.41, 5.74) is 6.78. The van der Waals surface area contributed by atoms with Crippen molar-refractivity contribution in [2.24, 2.45) is 17.1 Å². The fraction of sp³-hybridized carbons (Fsp3) is 0.381. The molecule has 0 aromatic heterocycles. The second-order valence-electron chi connectivity index (χ2n) is 7.49. The Kier molecular flexibility index (Phi) is 4.01. The highest BCUT2D eigenvalue weighted by Gasteiger charge is 2.58. The predicted octanol–water partition coefficient (Wildman–Crippen LogP) is 3.23. The first kappa shape index (κ1) is 17.6. The molecule has 1 aliphatic carbocycles. The van der Waals surface area contributed by atoms with Crippen LogP contribution in [0.2, 0.25) is 5.02 Å². The van der Waals surface area contributed by atoms with Crippen LogP contribution in [-0.4, -0.2) is 24.0 Å². The van der Waals surface area contributed by atoms with Crippen molar-refractivity contribution in [3.8, 4) is 18.2 Å². The summed E-state index contributed by atoms with van der Waals surface area (Å²) in [5.74, 6) is -0.644. The third-order valence-corrected chi connectivity index (χ3v) is 6.67. The first-order chi connectivity index (χ1) is 13.0. The summed E-state index contributed by atoms with van der Waals surface area (Å²) in [4.78, 5) is 2.29. The van der Waals surface area contributed by atoms with Gasteiger partial charge in [-0.15, -0.1) is 0 Å². The van der Waals surface area contributed by atoms with Crippen molar-refractivity contribution in [3.05, 3.63) is 57.8 Å². The Morgan fingerprint density at radius 1 is 1.22 bits per heavy atom. The van der Waals surface area contributed by atoms with E-state index in [1.807, 2.05) is 12.1 Å². The lowest BCUT2D eigenvalue weighted by molar-refractivity contribution is 0.160. The Balaban J connectivity index is 2.06. The molecule has 6 heteroatoms. The van der Waals surface area contributed by atoms with Gasteiger partial charge in [0.15, 0.2) is 5.41 Å². The molecule has 27 heavy (non-hydrogen) atoms. The number of hydrogen-bond acceptors (Lipinski definition) is 5. The Bertz CT molecular complexity index is 989. The molecular formula is C21H18ClN5. The number of halogens is 1. The van der Waals surface area contributed by atoms with Gasteiger partial charge < -0.3 is 5.73 Å². The van der Waals surface area contributed by atoms with Crippen LogP contribution in [0.4, 0.5) is 0 Å². The van der Waals surface area contributed by atoms with E-state index >= 15 is 0 Å². The molecule has 0 unspecified atom stereocenters. The number of fused-ring (bicyclic) bond motifs is 4. The quantitative estimate of drug-likeness (QED) is 0.812. The van der Waals surface area contributed by atoms with Gasteiger partial charge in [-0.05, 0) is 43.2 Å². The molecule has 0 radical (unpaired) electrons. The van der Waals surface area contributed by atoms with Crippen LogP contribution in [0.15, 0.2) is 47.2 Å². The number of nitrogens with zero attached hydrogens (tertiary/aromatic N) is 4. The van der Waals surface area contributed by atoms with Crippen molar-refractivity contribution in [1.29, 1.82) is 15.8 Å². The van der Waals surface area contributed by atoms with Gasteiger partial charge >= 0.3 is 0 Å². The number of nitriles is 3. The van der Waals surface area contributed by atoms with Gasteiger partial charge in [0.05, 0.1) is 23.4 Å². The Morgan fingerprint density at radius 3 is 2.59 bits per heavy atom. The zero-order valence-corrected chi connectivity index (χ0v) is 15.6. The normalized spacial score (nSPS) is 31.3. The molecule has 1 fully saturated rings. The summed E-state index contributed by atoms with van der Waals surface area (Å²) in [6.45, 7) is 0. The second kappa shape index (κ2) is 6.14.